The fraction of sp³-hybridized carbons (Fsp3) is 0. The summed E-state index contributed by atoms with van der Waals surface area (Å²) in [6, 6.07) is 121. The topological polar surface area (TPSA) is 59.0 Å². The van der Waals surface area contributed by atoms with Crippen molar-refractivity contribution in [1.82, 2.24) is 0 Å². The van der Waals surface area contributed by atoms with Crippen molar-refractivity contribution in [2.45, 2.75) is 9.79 Å². The third kappa shape index (κ3) is 9.40. The molecule has 0 saturated heterocycles. The van der Waals surface area contributed by atoms with E-state index in [0.717, 1.165) is 94.7 Å². The maximum absolute atomic E-state index is 6.96. The monoisotopic (exact) mass is 1280 g/mol. The van der Waals surface area contributed by atoms with E-state index in [1.165, 1.54) is 81.0 Å². The fourth-order valence-electron chi connectivity index (χ4n) is 16.2. The SMILES string of the molecule is c1ccc(N(c2ccccc2)c2ccc(B3c4oc5ccccc5c4B(c4ccc5ccccc5c4)c4oc5ccccc5c43)cc2)cc1.c1ccc2c(c1)Sc1ccccc1N2c1ccc(B2c3oc4ccccc4c3B(c3ccc4ccccc4c3)c3oc4ccccc4c32)cc1. The van der Waals surface area contributed by atoms with Gasteiger partial charge in [-0.1, -0.05) is 276 Å². The Morgan fingerprint density at radius 1 is 0.253 bits per heavy atom. The van der Waals surface area contributed by atoms with Gasteiger partial charge in [-0.2, -0.15) is 0 Å². The fourth-order valence-corrected chi connectivity index (χ4v) is 17.2. The highest BCUT2D eigenvalue weighted by Crippen LogP contribution is 2.51. The van der Waals surface area contributed by atoms with Gasteiger partial charge in [-0.05, 0) is 140 Å². The van der Waals surface area contributed by atoms with Gasteiger partial charge in [0.2, 0.25) is 0 Å². The summed E-state index contributed by atoms with van der Waals surface area (Å²) in [7, 11) is 0. The van der Waals surface area contributed by atoms with Crippen LogP contribution >= 0.6 is 11.8 Å². The van der Waals surface area contributed by atoms with E-state index < -0.39 is 0 Å². The Morgan fingerprint density at radius 3 is 0.960 bits per heavy atom. The maximum Gasteiger partial charge on any atom is 0.290 e. The van der Waals surface area contributed by atoms with Gasteiger partial charge < -0.3 is 27.5 Å². The zero-order valence-corrected chi connectivity index (χ0v) is 54.4. The predicted octanol–water partition coefficient (Wildman–Crippen LogP) is 14.8. The number of nitrogens with zero attached hydrogens (tertiary/aromatic N) is 2. The molecule has 0 spiro atoms. The zero-order valence-electron chi connectivity index (χ0n) is 53.6. The number of fused-ring (bicyclic) bond motifs is 16. The zero-order chi connectivity index (χ0) is 65.1. The Hall–Kier alpha value is -12.0. The average molecular weight is 1280 g/mol. The lowest BCUT2D eigenvalue weighted by atomic mass is 9.24. The summed E-state index contributed by atoms with van der Waals surface area (Å²) in [5, 5.41) is 9.39. The van der Waals surface area contributed by atoms with Crippen LogP contribution in [0.4, 0.5) is 34.1 Å². The van der Waals surface area contributed by atoms with Crippen LogP contribution in [0.2, 0.25) is 0 Å². The second-order valence-corrected chi connectivity index (χ2v) is 27.1. The van der Waals surface area contributed by atoms with Crippen molar-refractivity contribution in [2.24, 2.45) is 0 Å². The van der Waals surface area contributed by atoms with Crippen LogP contribution in [-0.4, -0.2) is 26.9 Å². The normalized spacial score (nSPS) is 12.9. The molecule has 11 heteroatoms. The number of para-hydroxylation sites is 8. The largest absolute Gasteiger partial charge is 0.471 e. The number of hydrogen-bond donors (Lipinski definition) is 0. The van der Waals surface area contributed by atoms with E-state index in [1.807, 2.05) is 11.8 Å². The van der Waals surface area contributed by atoms with Gasteiger partial charge in [-0.25, -0.2) is 0 Å². The molecular formula is C88H56B4N2O4S. The first-order chi connectivity index (χ1) is 49.1. The van der Waals surface area contributed by atoms with Gasteiger partial charge in [0, 0.05) is 54.1 Å². The van der Waals surface area contributed by atoms with Gasteiger partial charge in [0.05, 0.1) is 34.0 Å². The van der Waals surface area contributed by atoms with Crippen LogP contribution in [0.3, 0.4) is 0 Å². The van der Waals surface area contributed by atoms with Crippen LogP contribution < -0.4 is 76.1 Å². The molecule has 14 aromatic carbocycles. The molecule has 7 heterocycles. The molecule has 0 radical (unpaired) electrons. The first-order valence-corrected chi connectivity index (χ1v) is 34.7. The van der Waals surface area contributed by atoms with Gasteiger partial charge in [0.1, 0.15) is 22.3 Å². The van der Waals surface area contributed by atoms with Crippen molar-refractivity contribution >= 4 is 204 Å². The van der Waals surface area contributed by atoms with Crippen molar-refractivity contribution in [2.75, 3.05) is 9.80 Å². The van der Waals surface area contributed by atoms with E-state index in [1.54, 1.807) is 0 Å². The summed E-state index contributed by atoms with van der Waals surface area (Å²) in [5.41, 5.74) is 23.8. The Labute approximate surface area is 577 Å². The van der Waals surface area contributed by atoms with Crippen molar-refractivity contribution in [1.29, 1.82) is 0 Å². The summed E-state index contributed by atoms with van der Waals surface area (Å²) in [4.78, 5) is 7.19. The van der Waals surface area contributed by atoms with Crippen LogP contribution in [0.25, 0.3) is 65.4 Å². The van der Waals surface area contributed by atoms with Crippen LogP contribution in [0.15, 0.2) is 367 Å². The van der Waals surface area contributed by atoms with E-state index >= 15 is 0 Å². The second-order valence-electron chi connectivity index (χ2n) is 26.0. The highest BCUT2D eigenvalue weighted by molar-refractivity contribution is 7.99. The minimum absolute atomic E-state index is 0.116. The van der Waals surface area contributed by atoms with Gasteiger partial charge in [0.25, 0.3) is 26.9 Å². The Morgan fingerprint density at radius 2 is 0.556 bits per heavy atom. The molecule has 3 aliphatic heterocycles. The lowest BCUT2D eigenvalue weighted by Gasteiger charge is -2.33. The predicted molar refractivity (Wildman–Crippen MR) is 418 cm³/mol. The van der Waals surface area contributed by atoms with Gasteiger partial charge in [-0.3, -0.25) is 0 Å². The number of hydrogen-bond acceptors (Lipinski definition) is 7. The highest BCUT2D eigenvalue weighted by atomic mass is 32.2. The molecule has 0 atom stereocenters. The minimum Gasteiger partial charge on any atom is -0.471 e. The van der Waals surface area contributed by atoms with Gasteiger partial charge in [-0.15, -0.1) is 0 Å². The molecule has 18 aromatic rings. The molecule has 0 unspecified atom stereocenters. The molecule has 0 N–H and O–H groups in total. The standard InChI is InChI=1S/C44H27B2NO2S.C44H29B2NO2/c1-2-12-29-27-31(22-21-28(29)11-1)46-42-34-14-4-8-18-38(34)48-43(42)45(41-33-13-3-7-17-37(33)49-44(41)46)30-23-25-32(26-24-30)47-35-15-5-9-19-39(35)50-40-20-10-6-16-36(40)47;1-3-15-34(16-4-1)47(35-17-5-2-6-18-35)36-27-25-32(26-28-36)45-41-37-19-9-11-21-39(37)49-44(41)46(33-24-23-30-13-7-8-14-31(30)29-33)42-38-20-10-12-22-40(38)48-43(42)45/h1-27H;1-29H. The Kier molecular flexibility index (Phi) is 13.5. The number of furan rings is 4. The smallest absolute Gasteiger partial charge is 0.290 e. The van der Waals surface area contributed by atoms with E-state index in [-0.39, 0.29) is 26.9 Å². The maximum atomic E-state index is 6.96. The summed E-state index contributed by atoms with van der Waals surface area (Å²) in [5.74, 6) is 0. The van der Waals surface area contributed by atoms with Crippen LogP contribution in [-0.2, 0) is 0 Å². The van der Waals surface area contributed by atoms with Crippen molar-refractivity contribution in [3.8, 4) is 0 Å². The van der Waals surface area contributed by atoms with Crippen LogP contribution in [0.5, 0.6) is 0 Å². The van der Waals surface area contributed by atoms with E-state index in [2.05, 4.69) is 350 Å². The van der Waals surface area contributed by atoms with Crippen molar-refractivity contribution < 1.29 is 17.7 Å². The first kappa shape index (κ1) is 57.2. The molecule has 0 bridgehead atoms. The molecule has 6 nitrogen and oxygen atoms in total. The van der Waals surface area contributed by atoms with Gasteiger partial charge >= 0.3 is 0 Å². The quantitative estimate of drug-likeness (QED) is 0.141. The van der Waals surface area contributed by atoms with E-state index in [0.29, 0.717) is 0 Å². The molecule has 0 fully saturated rings. The molecular weight excluding hydrogens is 1220 g/mol. The Balaban J connectivity index is 0.000000134. The van der Waals surface area contributed by atoms with Crippen molar-refractivity contribution in [3.63, 3.8) is 0 Å². The van der Waals surface area contributed by atoms with Crippen molar-refractivity contribution in [3.05, 3.63) is 340 Å². The molecule has 0 amide bonds. The number of benzene rings is 14. The summed E-state index contributed by atoms with van der Waals surface area (Å²) in [6.07, 6.45) is 0. The minimum atomic E-state index is -0.145. The second kappa shape index (κ2) is 23.4. The molecule has 0 aliphatic carbocycles. The lowest BCUT2D eigenvalue weighted by Crippen LogP contribution is -2.73. The first-order valence-electron chi connectivity index (χ1n) is 33.9. The third-order valence-corrected chi connectivity index (χ3v) is 21.6. The van der Waals surface area contributed by atoms with Crippen LogP contribution in [0.1, 0.15) is 0 Å². The molecule has 460 valence electrons. The summed E-state index contributed by atoms with van der Waals surface area (Å²) in [6.45, 7) is -0.519. The Bertz CT molecular complexity index is 6070. The summed E-state index contributed by atoms with van der Waals surface area (Å²) < 4.78 is 27.8. The van der Waals surface area contributed by atoms with E-state index in [4.69, 9.17) is 17.7 Å². The lowest BCUT2D eigenvalue weighted by molar-refractivity contribution is 0.647. The molecule has 99 heavy (non-hydrogen) atoms. The third-order valence-electron chi connectivity index (χ3n) is 20.5. The molecule has 0 saturated carbocycles. The van der Waals surface area contributed by atoms with E-state index in [9.17, 15) is 0 Å². The molecule has 3 aliphatic rings. The summed E-state index contributed by atoms with van der Waals surface area (Å²) >= 11 is 1.83. The number of anilines is 6. The highest BCUT2D eigenvalue weighted by Gasteiger charge is 2.49. The molecule has 21 rings (SSSR count). The average Bonchev–Trinajstić information content (AvgIpc) is 1.57. The number of rotatable bonds is 8. The molecule has 4 aromatic heterocycles. The van der Waals surface area contributed by atoms with Gasteiger partial charge in [0.15, 0.2) is 0 Å². The van der Waals surface area contributed by atoms with Crippen LogP contribution in [0, 0.1) is 0 Å².